The third kappa shape index (κ3) is 3.96. The number of likely N-dealkylation sites (tertiary alicyclic amines) is 1. The second-order valence-corrected chi connectivity index (χ2v) is 10.1. The lowest BCUT2D eigenvalue weighted by molar-refractivity contribution is 0.0214. The van der Waals surface area contributed by atoms with Gasteiger partial charge in [-0.3, -0.25) is 14.5 Å². The van der Waals surface area contributed by atoms with Gasteiger partial charge in [-0.25, -0.2) is 4.79 Å². The molecule has 2 aromatic rings. The molecule has 3 aliphatic rings. The normalized spacial score (nSPS) is 21.7. The predicted octanol–water partition coefficient (Wildman–Crippen LogP) is 3.72. The number of benzene rings is 2. The van der Waals surface area contributed by atoms with Gasteiger partial charge in [0.25, 0.3) is 11.8 Å². The van der Waals surface area contributed by atoms with E-state index in [1.807, 2.05) is 25.7 Å². The van der Waals surface area contributed by atoms with Crippen LogP contribution in [0.25, 0.3) is 0 Å². The monoisotopic (exact) mass is 447 g/mol. The summed E-state index contributed by atoms with van der Waals surface area (Å²) in [5.41, 5.74) is 2.71. The average molecular weight is 448 g/mol. The third-order valence-corrected chi connectivity index (χ3v) is 6.64. The summed E-state index contributed by atoms with van der Waals surface area (Å²) < 4.78 is 5.55. The van der Waals surface area contributed by atoms with Crippen LogP contribution in [0.1, 0.15) is 53.5 Å². The van der Waals surface area contributed by atoms with Crippen molar-refractivity contribution >= 4 is 23.6 Å². The predicted molar refractivity (Wildman–Crippen MR) is 124 cm³/mol. The van der Waals surface area contributed by atoms with Gasteiger partial charge in [-0.2, -0.15) is 0 Å². The SMILES string of the molecule is CC(C)(C)OC(=O)N1C[C@H]2C[C@@H]1CN2c1ccc(CCN2C(=O)c3ccccc3C2=O)cc1. The van der Waals surface area contributed by atoms with Crippen LogP contribution in [0.15, 0.2) is 48.5 Å². The number of fused-ring (bicyclic) bond motifs is 3. The van der Waals surface area contributed by atoms with Crippen molar-refractivity contribution < 1.29 is 19.1 Å². The zero-order chi connectivity index (χ0) is 23.3. The Bertz CT molecular complexity index is 1070. The number of hydrogen-bond donors (Lipinski definition) is 0. The summed E-state index contributed by atoms with van der Waals surface area (Å²) in [5.74, 6) is -0.426. The summed E-state index contributed by atoms with van der Waals surface area (Å²) in [6, 6.07) is 15.8. The van der Waals surface area contributed by atoms with Gasteiger partial charge in [0.2, 0.25) is 0 Å². The molecule has 0 unspecified atom stereocenters. The highest BCUT2D eigenvalue weighted by atomic mass is 16.6. The molecule has 2 fully saturated rings. The topological polar surface area (TPSA) is 70.2 Å². The third-order valence-electron chi connectivity index (χ3n) is 6.64. The maximum absolute atomic E-state index is 12.5. The van der Waals surface area contributed by atoms with Crippen molar-refractivity contribution in [1.29, 1.82) is 0 Å². The summed E-state index contributed by atoms with van der Waals surface area (Å²) in [7, 11) is 0. The Morgan fingerprint density at radius 1 is 0.939 bits per heavy atom. The van der Waals surface area contributed by atoms with Gasteiger partial charge < -0.3 is 14.5 Å². The maximum atomic E-state index is 12.5. The molecule has 3 aliphatic heterocycles. The van der Waals surface area contributed by atoms with Crippen LogP contribution in [0.3, 0.4) is 0 Å². The second kappa shape index (κ2) is 7.90. The maximum Gasteiger partial charge on any atom is 0.410 e. The van der Waals surface area contributed by atoms with E-state index in [0.29, 0.717) is 36.7 Å². The Hall–Kier alpha value is -3.35. The summed E-state index contributed by atoms with van der Waals surface area (Å²) >= 11 is 0. The number of hydrogen-bond acceptors (Lipinski definition) is 5. The van der Waals surface area contributed by atoms with Crippen LogP contribution >= 0.6 is 0 Å². The van der Waals surface area contributed by atoms with Gasteiger partial charge >= 0.3 is 6.09 Å². The van der Waals surface area contributed by atoms with E-state index in [1.165, 1.54) is 4.90 Å². The molecule has 0 spiro atoms. The van der Waals surface area contributed by atoms with E-state index in [4.69, 9.17) is 4.74 Å². The summed E-state index contributed by atoms with van der Waals surface area (Å²) in [5, 5.41) is 0. The van der Waals surface area contributed by atoms with E-state index in [-0.39, 0.29) is 23.9 Å². The highest BCUT2D eigenvalue weighted by Gasteiger charge is 2.46. The molecular weight excluding hydrogens is 418 g/mol. The molecule has 2 bridgehead atoms. The lowest BCUT2D eigenvalue weighted by Crippen LogP contribution is -2.50. The molecule has 0 aromatic heterocycles. The first-order chi connectivity index (χ1) is 15.7. The van der Waals surface area contributed by atoms with E-state index in [0.717, 1.165) is 24.2 Å². The van der Waals surface area contributed by atoms with Crippen LogP contribution in [0, 0.1) is 0 Å². The summed E-state index contributed by atoms with van der Waals surface area (Å²) in [6.45, 7) is 7.52. The van der Waals surface area contributed by atoms with Gasteiger partial charge in [0.05, 0.1) is 17.2 Å². The van der Waals surface area contributed by atoms with Crippen molar-refractivity contribution in [3.05, 3.63) is 65.2 Å². The lowest BCUT2D eigenvalue weighted by atomic mass is 10.1. The number of piperazine rings is 1. The number of nitrogens with zero attached hydrogens (tertiary/aromatic N) is 3. The minimum Gasteiger partial charge on any atom is -0.444 e. The van der Waals surface area contributed by atoms with Crippen LogP contribution in [-0.4, -0.2) is 65.0 Å². The Labute approximate surface area is 193 Å². The molecule has 0 aliphatic carbocycles. The fourth-order valence-electron chi connectivity index (χ4n) is 5.06. The van der Waals surface area contributed by atoms with E-state index < -0.39 is 5.60 Å². The van der Waals surface area contributed by atoms with Crippen molar-refractivity contribution in [3.8, 4) is 0 Å². The quantitative estimate of drug-likeness (QED) is 0.668. The molecule has 172 valence electrons. The largest absolute Gasteiger partial charge is 0.444 e. The lowest BCUT2D eigenvalue weighted by Gasteiger charge is -2.36. The molecular formula is C26H29N3O4. The van der Waals surface area contributed by atoms with Gasteiger partial charge in [-0.1, -0.05) is 24.3 Å². The highest BCUT2D eigenvalue weighted by molar-refractivity contribution is 6.21. The number of anilines is 1. The molecule has 5 rings (SSSR count). The van der Waals surface area contributed by atoms with Gasteiger partial charge in [-0.05, 0) is 63.4 Å². The Kier molecular flexibility index (Phi) is 5.15. The standard InChI is InChI=1S/C26H29N3O4/c1-26(2,3)33-25(32)29-16-19-14-20(29)15-28(19)18-10-8-17(9-11-18)12-13-27-23(30)21-6-4-5-7-22(21)24(27)31/h4-11,19-20H,12-16H2,1-3H3/t19-,20-/m1/s1. The summed E-state index contributed by atoms with van der Waals surface area (Å²) in [6.07, 6.45) is 1.35. The van der Waals surface area contributed by atoms with E-state index in [9.17, 15) is 14.4 Å². The van der Waals surface area contributed by atoms with Crippen molar-refractivity contribution in [2.45, 2.75) is 51.3 Å². The zero-order valence-corrected chi connectivity index (χ0v) is 19.3. The van der Waals surface area contributed by atoms with Crippen LogP contribution < -0.4 is 4.90 Å². The minimum atomic E-state index is -0.485. The number of carbonyl (C=O) groups excluding carboxylic acids is 3. The molecule has 0 radical (unpaired) electrons. The Morgan fingerprint density at radius 3 is 2.12 bits per heavy atom. The van der Waals surface area contributed by atoms with E-state index in [2.05, 4.69) is 29.2 Å². The molecule has 33 heavy (non-hydrogen) atoms. The van der Waals surface area contributed by atoms with Crippen molar-refractivity contribution in [3.63, 3.8) is 0 Å². The van der Waals surface area contributed by atoms with Crippen LogP contribution in [0.4, 0.5) is 10.5 Å². The number of ether oxygens (including phenoxy) is 1. The molecule has 7 heteroatoms. The van der Waals surface area contributed by atoms with E-state index in [1.54, 1.807) is 24.3 Å². The number of imide groups is 1. The summed E-state index contributed by atoms with van der Waals surface area (Å²) in [4.78, 5) is 43.1. The van der Waals surface area contributed by atoms with Crippen LogP contribution in [-0.2, 0) is 11.2 Å². The van der Waals surface area contributed by atoms with Crippen molar-refractivity contribution in [2.24, 2.45) is 0 Å². The molecule has 2 atom stereocenters. The number of amides is 3. The first-order valence-corrected chi connectivity index (χ1v) is 11.5. The molecule has 0 saturated carbocycles. The highest BCUT2D eigenvalue weighted by Crippen LogP contribution is 2.35. The Balaban J connectivity index is 1.18. The Morgan fingerprint density at radius 2 is 1.58 bits per heavy atom. The van der Waals surface area contributed by atoms with Crippen LogP contribution in [0.5, 0.6) is 0 Å². The van der Waals surface area contributed by atoms with Gasteiger partial charge in [0.15, 0.2) is 0 Å². The number of carbonyl (C=O) groups is 3. The van der Waals surface area contributed by atoms with Gasteiger partial charge in [0, 0.05) is 31.4 Å². The van der Waals surface area contributed by atoms with Gasteiger partial charge in [0.1, 0.15) is 5.60 Å². The smallest absolute Gasteiger partial charge is 0.410 e. The molecule has 0 N–H and O–H groups in total. The fraction of sp³-hybridized carbons (Fsp3) is 0.423. The first-order valence-electron chi connectivity index (χ1n) is 11.5. The molecule has 2 aromatic carbocycles. The molecule has 3 heterocycles. The fourth-order valence-corrected chi connectivity index (χ4v) is 5.06. The van der Waals surface area contributed by atoms with Crippen molar-refractivity contribution in [1.82, 2.24) is 9.80 Å². The van der Waals surface area contributed by atoms with Crippen LogP contribution in [0.2, 0.25) is 0 Å². The number of rotatable bonds is 4. The van der Waals surface area contributed by atoms with Gasteiger partial charge in [-0.15, -0.1) is 0 Å². The zero-order valence-electron chi connectivity index (χ0n) is 19.3. The molecule has 3 amide bonds. The first kappa shape index (κ1) is 21.5. The molecule has 2 saturated heterocycles. The average Bonchev–Trinajstić information content (AvgIpc) is 3.45. The van der Waals surface area contributed by atoms with Crippen molar-refractivity contribution in [2.75, 3.05) is 24.5 Å². The second-order valence-electron chi connectivity index (χ2n) is 10.1. The molecule has 7 nitrogen and oxygen atoms in total. The minimum absolute atomic E-state index is 0.179. The van der Waals surface area contributed by atoms with E-state index >= 15 is 0 Å².